The van der Waals surface area contributed by atoms with Crippen LogP contribution in [-0.4, -0.2) is 53.1 Å². The average Bonchev–Trinajstić information content (AvgIpc) is 3.51. The van der Waals surface area contributed by atoms with Crippen molar-refractivity contribution in [3.05, 3.63) is 53.7 Å². The highest BCUT2D eigenvalue weighted by Crippen LogP contribution is 2.50. The molecule has 0 bridgehead atoms. The monoisotopic (exact) mass is 515 g/mol. The molecule has 9 nitrogen and oxygen atoms in total. The highest BCUT2D eigenvalue weighted by Gasteiger charge is 2.51. The molecule has 1 atom stereocenters. The molecular formula is C26H33N3O6S. The lowest BCUT2D eigenvalue weighted by molar-refractivity contribution is -0.118. The van der Waals surface area contributed by atoms with E-state index in [1.807, 2.05) is 22.8 Å². The number of rotatable bonds is 8. The predicted octanol–water partition coefficient (Wildman–Crippen LogP) is 2.93. The van der Waals surface area contributed by atoms with Crippen LogP contribution in [0.1, 0.15) is 44.9 Å². The predicted molar refractivity (Wildman–Crippen MR) is 139 cm³/mol. The second-order valence-electron chi connectivity index (χ2n) is 10.7. The Hall–Kier alpha value is -3.08. The first-order valence-electron chi connectivity index (χ1n) is 11.8. The van der Waals surface area contributed by atoms with E-state index < -0.39 is 21.5 Å². The molecular weight excluding hydrogens is 482 g/mol. The van der Waals surface area contributed by atoms with Gasteiger partial charge in [0.2, 0.25) is 15.9 Å². The summed E-state index contributed by atoms with van der Waals surface area (Å²) < 4.78 is 27.2. The number of fused-ring (bicyclic) bond motifs is 1. The maximum absolute atomic E-state index is 13.2. The van der Waals surface area contributed by atoms with Crippen molar-refractivity contribution in [3.63, 3.8) is 0 Å². The molecule has 1 saturated carbocycles. The lowest BCUT2D eigenvalue weighted by Gasteiger charge is -2.24. The molecule has 0 saturated heterocycles. The molecule has 1 aromatic heterocycles. The van der Waals surface area contributed by atoms with Gasteiger partial charge in [-0.15, -0.1) is 0 Å². The van der Waals surface area contributed by atoms with E-state index in [0.717, 1.165) is 22.9 Å². The number of benzene rings is 2. The van der Waals surface area contributed by atoms with Crippen LogP contribution in [0.15, 0.2) is 42.5 Å². The third-order valence-corrected chi connectivity index (χ3v) is 7.31. The van der Waals surface area contributed by atoms with Gasteiger partial charge in [0.15, 0.2) is 11.5 Å². The number of carbonyl (C=O) groups excluding carboxylic acids is 1. The Bertz CT molecular complexity index is 1420. The molecule has 0 aliphatic heterocycles. The zero-order chi connectivity index (χ0) is 26.5. The molecule has 2 aromatic carbocycles. The molecule has 4 rings (SSSR count). The largest absolute Gasteiger partial charge is 0.504 e. The maximum atomic E-state index is 13.2. The Labute approximate surface area is 210 Å². The van der Waals surface area contributed by atoms with E-state index in [1.165, 1.54) is 12.1 Å². The topological polar surface area (TPSA) is 141 Å². The molecule has 1 fully saturated rings. The van der Waals surface area contributed by atoms with E-state index in [4.69, 9.17) is 0 Å². The van der Waals surface area contributed by atoms with Gasteiger partial charge in [-0.2, -0.15) is 0 Å². The van der Waals surface area contributed by atoms with Gasteiger partial charge in [-0.1, -0.05) is 26.8 Å². The second kappa shape index (κ2) is 9.10. The number of aliphatic hydroxyl groups excluding tert-OH is 1. The lowest BCUT2D eigenvalue weighted by Crippen LogP contribution is -2.34. The third kappa shape index (κ3) is 5.35. The second-order valence-corrected chi connectivity index (χ2v) is 12.5. The first kappa shape index (κ1) is 26.0. The van der Waals surface area contributed by atoms with Crippen molar-refractivity contribution in [2.24, 2.45) is 0 Å². The zero-order valence-corrected chi connectivity index (χ0v) is 21.7. The molecule has 194 valence electrons. The maximum Gasteiger partial charge on any atom is 0.235 e. The van der Waals surface area contributed by atoms with E-state index >= 15 is 0 Å². The Morgan fingerprint density at radius 3 is 2.36 bits per heavy atom. The van der Waals surface area contributed by atoms with Gasteiger partial charge in [-0.25, -0.2) is 13.1 Å². The Balaban J connectivity index is 1.60. The first-order valence-corrected chi connectivity index (χ1v) is 13.7. The number of aromatic nitrogens is 1. The molecule has 1 heterocycles. The molecule has 1 unspecified atom stereocenters. The number of phenolic OH excluding ortho intramolecular Hbond substituents is 2. The highest BCUT2D eigenvalue weighted by molar-refractivity contribution is 7.88. The fourth-order valence-corrected chi connectivity index (χ4v) is 5.03. The third-order valence-electron chi connectivity index (χ3n) is 6.61. The van der Waals surface area contributed by atoms with Crippen LogP contribution in [0.25, 0.3) is 10.9 Å². The van der Waals surface area contributed by atoms with Gasteiger partial charge >= 0.3 is 0 Å². The number of sulfonamides is 1. The zero-order valence-electron chi connectivity index (χ0n) is 20.9. The number of phenols is 2. The number of amides is 1. The highest BCUT2D eigenvalue weighted by atomic mass is 32.2. The van der Waals surface area contributed by atoms with Crippen LogP contribution in [0.5, 0.6) is 11.5 Å². The van der Waals surface area contributed by atoms with Crippen LogP contribution < -0.4 is 10.0 Å². The standard InChI is InChI=1S/C26H33N3O6S/c1-25(2,3)23-12-16-11-18(6-7-20(16)29(23)15-19(30)14-27-36(4,34)35)28-24(33)26(9-10-26)17-5-8-21(31)22(32)13-17/h5-8,11-13,19,27,30-32H,9-10,14-15H2,1-4H3,(H,28,33). The van der Waals surface area contributed by atoms with E-state index in [-0.39, 0.29) is 35.9 Å². The van der Waals surface area contributed by atoms with Crippen molar-refractivity contribution >= 4 is 32.5 Å². The van der Waals surface area contributed by atoms with Gasteiger partial charge in [0.1, 0.15) is 0 Å². The van der Waals surface area contributed by atoms with Gasteiger partial charge in [0.05, 0.1) is 24.3 Å². The molecule has 3 aromatic rings. The summed E-state index contributed by atoms with van der Waals surface area (Å²) in [4.78, 5) is 13.2. The normalized spacial score (nSPS) is 16.1. The van der Waals surface area contributed by atoms with Gasteiger partial charge in [0, 0.05) is 34.2 Å². The molecule has 36 heavy (non-hydrogen) atoms. The summed E-state index contributed by atoms with van der Waals surface area (Å²) in [5.74, 6) is -0.653. The lowest BCUT2D eigenvalue weighted by atomic mass is 9.92. The molecule has 5 N–H and O–H groups in total. The van der Waals surface area contributed by atoms with Gasteiger partial charge < -0.3 is 25.2 Å². The van der Waals surface area contributed by atoms with Crippen molar-refractivity contribution in [2.45, 2.75) is 57.1 Å². The Morgan fingerprint density at radius 2 is 1.78 bits per heavy atom. The average molecular weight is 516 g/mol. The molecule has 1 aliphatic carbocycles. The van der Waals surface area contributed by atoms with Crippen LogP contribution in [0, 0.1) is 0 Å². The number of nitrogens with one attached hydrogen (secondary N) is 2. The SMILES string of the molecule is CC(C)(C)c1cc2cc(NC(=O)C3(c4ccc(O)c(O)c4)CC3)ccc2n1CC(O)CNS(C)(=O)=O. The number of carbonyl (C=O) groups is 1. The molecule has 0 spiro atoms. The van der Waals surface area contributed by atoms with Crippen molar-refractivity contribution < 1.29 is 28.5 Å². The molecule has 1 aliphatic rings. The van der Waals surface area contributed by atoms with Crippen molar-refractivity contribution in [2.75, 3.05) is 18.1 Å². The fraction of sp³-hybridized carbons (Fsp3) is 0.423. The van der Waals surface area contributed by atoms with Gasteiger partial charge in [-0.3, -0.25) is 4.79 Å². The minimum atomic E-state index is -3.41. The summed E-state index contributed by atoms with van der Waals surface area (Å²) in [5.41, 5.74) is 2.14. The number of anilines is 1. The van der Waals surface area contributed by atoms with Crippen LogP contribution in [0.2, 0.25) is 0 Å². The summed E-state index contributed by atoms with van der Waals surface area (Å²) in [5, 5.41) is 33.9. The van der Waals surface area contributed by atoms with Crippen LogP contribution in [0.3, 0.4) is 0 Å². The smallest absolute Gasteiger partial charge is 0.235 e. The van der Waals surface area contributed by atoms with E-state index in [9.17, 15) is 28.5 Å². The number of aliphatic hydroxyl groups is 1. The summed E-state index contributed by atoms with van der Waals surface area (Å²) >= 11 is 0. The van der Waals surface area contributed by atoms with E-state index in [1.54, 1.807) is 12.1 Å². The van der Waals surface area contributed by atoms with Gasteiger partial charge in [-0.05, 0) is 54.8 Å². The van der Waals surface area contributed by atoms with Crippen molar-refractivity contribution in [3.8, 4) is 11.5 Å². The summed E-state index contributed by atoms with van der Waals surface area (Å²) in [6.07, 6.45) is 1.43. The number of hydrogen-bond donors (Lipinski definition) is 5. The minimum Gasteiger partial charge on any atom is -0.504 e. The van der Waals surface area contributed by atoms with Crippen LogP contribution >= 0.6 is 0 Å². The Kier molecular flexibility index (Phi) is 6.57. The molecule has 10 heteroatoms. The summed E-state index contributed by atoms with van der Waals surface area (Å²) in [6, 6.07) is 12.1. The number of hydrogen-bond acceptors (Lipinski definition) is 6. The van der Waals surface area contributed by atoms with Crippen molar-refractivity contribution in [1.29, 1.82) is 0 Å². The Morgan fingerprint density at radius 1 is 1.08 bits per heavy atom. The number of aromatic hydroxyl groups is 2. The van der Waals surface area contributed by atoms with E-state index in [2.05, 4.69) is 30.8 Å². The molecule has 1 amide bonds. The van der Waals surface area contributed by atoms with Gasteiger partial charge in [0.25, 0.3) is 0 Å². The minimum absolute atomic E-state index is 0.0921. The fourth-order valence-electron chi connectivity index (χ4n) is 4.53. The van der Waals surface area contributed by atoms with Crippen LogP contribution in [0.4, 0.5) is 5.69 Å². The quantitative estimate of drug-likeness (QED) is 0.292. The van der Waals surface area contributed by atoms with Crippen molar-refractivity contribution in [1.82, 2.24) is 9.29 Å². The summed E-state index contributed by atoms with van der Waals surface area (Å²) in [6.45, 7) is 6.30. The molecule has 0 radical (unpaired) electrons. The first-order chi connectivity index (χ1) is 16.7. The number of nitrogens with zero attached hydrogens (tertiary/aromatic N) is 1. The van der Waals surface area contributed by atoms with Crippen LogP contribution in [-0.2, 0) is 32.2 Å². The van der Waals surface area contributed by atoms with E-state index in [0.29, 0.717) is 24.1 Å². The summed E-state index contributed by atoms with van der Waals surface area (Å²) in [7, 11) is -3.41.